The lowest BCUT2D eigenvalue weighted by molar-refractivity contribution is -0.455. The number of hydrogen-bond acceptors (Lipinski definition) is 4. The molecule has 0 aliphatic carbocycles. The second kappa shape index (κ2) is 6.41. The average Bonchev–Trinajstić information content (AvgIpc) is 2.10. The second-order valence-corrected chi connectivity index (χ2v) is 4.39. The molecular formula is C5H4F10N2O4S. The fourth-order valence-corrected chi connectivity index (χ4v) is 0.366. The van der Waals surface area contributed by atoms with Gasteiger partial charge in [0.25, 0.3) is 0 Å². The molecule has 0 spiro atoms. The normalized spacial score (nSPS) is 14.1. The van der Waals surface area contributed by atoms with Crippen molar-refractivity contribution in [3.8, 4) is 0 Å². The van der Waals surface area contributed by atoms with Crippen LogP contribution in [0.3, 0.4) is 0 Å². The minimum absolute atomic E-state index is 1.85. The molecule has 0 heterocycles. The van der Waals surface area contributed by atoms with E-state index in [1.165, 1.54) is 0 Å². The van der Waals surface area contributed by atoms with E-state index in [0.29, 0.717) is 0 Å². The van der Waals surface area contributed by atoms with Crippen molar-refractivity contribution in [2.75, 3.05) is 0 Å². The van der Waals surface area contributed by atoms with Crippen molar-refractivity contribution in [3.63, 3.8) is 0 Å². The Morgan fingerprint density at radius 1 is 0.955 bits per heavy atom. The highest BCUT2D eigenvalue weighted by Gasteiger charge is 2.65. The first-order valence-electron chi connectivity index (χ1n) is 4.06. The SMILES string of the molecule is N=C(N)C(F)(F)C(F)(F)OC(F)(F)F.O=S(=O)(O)C(F)(F)F. The molecule has 0 unspecified atom stereocenters. The zero-order valence-corrected chi connectivity index (χ0v) is 10.3. The third-order valence-corrected chi connectivity index (χ3v) is 1.83. The lowest BCUT2D eigenvalue weighted by Crippen LogP contribution is -2.53. The van der Waals surface area contributed by atoms with Gasteiger partial charge in [0.2, 0.25) is 0 Å². The number of nitrogens with two attached hydrogens (primary N) is 1. The van der Waals surface area contributed by atoms with E-state index in [-0.39, 0.29) is 0 Å². The Bertz CT molecular complexity index is 494. The van der Waals surface area contributed by atoms with Crippen LogP contribution in [0.1, 0.15) is 0 Å². The van der Waals surface area contributed by atoms with E-state index >= 15 is 0 Å². The van der Waals surface area contributed by atoms with E-state index in [0.717, 1.165) is 0 Å². The maximum absolute atomic E-state index is 12.1. The van der Waals surface area contributed by atoms with Gasteiger partial charge in [-0.05, 0) is 0 Å². The monoisotopic (exact) mass is 378 g/mol. The maximum Gasteiger partial charge on any atom is 0.527 e. The van der Waals surface area contributed by atoms with Crippen LogP contribution in [0.25, 0.3) is 0 Å². The fraction of sp³-hybridized carbons (Fsp3) is 0.800. The minimum Gasteiger partial charge on any atom is -0.382 e. The molecular weight excluding hydrogens is 374 g/mol. The number of ether oxygens (including phenoxy) is 1. The highest BCUT2D eigenvalue weighted by molar-refractivity contribution is 7.86. The third kappa shape index (κ3) is 7.07. The van der Waals surface area contributed by atoms with Crippen molar-refractivity contribution < 1.29 is 61.6 Å². The molecule has 22 heavy (non-hydrogen) atoms. The number of halogens is 10. The van der Waals surface area contributed by atoms with E-state index in [1.54, 1.807) is 0 Å². The standard InChI is InChI=1S/C4H3F7N2O.CHF3O3S/c5-2(6,1(12)13)3(7,8)14-4(9,10)11;2-1(3,4)8(5,6)7/h(H3,12,13);(H,5,6,7). The fourth-order valence-electron chi connectivity index (χ4n) is 0.366. The number of alkyl halides is 10. The number of hydrogen-bond donors (Lipinski definition) is 3. The van der Waals surface area contributed by atoms with Crippen LogP contribution in [0.15, 0.2) is 0 Å². The molecule has 0 aromatic heterocycles. The summed E-state index contributed by atoms with van der Waals surface area (Å²) in [5, 5.41) is 5.96. The van der Waals surface area contributed by atoms with Gasteiger partial charge in [-0.1, -0.05) is 0 Å². The first kappa shape index (κ1) is 22.9. The predicted octanol–water partition coefficient (Wildman–Crippen LogP) is 2.08. The third-order valence-electron chi connectivity index (χ3n) is 1.24. The minimum atomic E-state index is -5.96. The van der Waals surface area contributed by atoms with Gasteiger partial charge in [-0.25, -0.2) is 4.74 Å². The van der Waals surface area contributed by atoms with E-state index < -0.39 is 39.9 Å². The topological polar surface area (TPSA) is 113 Å². The van der Waals surface area contributed by atoms with Gasteiger partial charge in [0.1, 0.15) is 0 Å². The molecule has 0 aliphatic heterocycles. The molecule has 4 N–H and O–H groups in total. The highest BCUT2D eigenvalue weighted by Crippen LogP contribution is 2.39. The average molecular weight is 378 g/mol. The first-order valence-corrected chi connectivity index (χ1v) is 5.50. The van der Waals surface area contributed by atoms with Crippen LogP contribution in [-0.2, 0) is 14.9 Å². The van der Waals surface area contributed by atoms with Crippen LogP contribution in [0.4, 0.5) is 43.9 Å². The molecule has 0 bridgehead atoms. The Morgan fingerprint density at radius 3 is 1.36 bits per heavy atom. The Kier molecular flexibility index (Phi) is 6.67. The van der Waals surface area contributed by atoms with Crippen LogP contribution in [0.5, 0.6) is 0 Å². The first-order chi connectivity index (χ1) is 9.15. The molecule has 0 aromatic rings. The van der Waals surface area contributed by atoms with Gasteiger partial charge in [-0.15, -0.1) is 13.2 Å². The van der Waals surface area contributed by atoms with Crippen LogP contribution in [-0.4, -0.2) is 42.7 Å². The molecule has 134 valence electrons. The molecule has 0 aromatic carbocycles. The molecule has 6 nitrogen and oxygen atoms in total. The zero-order chi connectivity index (χ0) is 18.8. The predicted molar refractivity (Wildman–Crippen MR) is 46.6 cm³/mol. The smallest absolute Gasteiger partial charge is 0.382 e. The Balaban J connectivity index is 0. The molecule has 0 amide bonds. The van der Waals surface area contributed by atoms with E-state index in [9.17, 15) is 43.9 Å². The Labute approximate surface area is 114 Å². The van der Waals surface area contributed by atoms with Gasteiger partial charge in [-0.3, -0.25) is 9.96 Å². The van der Waals surface area contributed by atoms with Gasteiger partial charge in [-0.2, -0.15) is 39.2 Å². The summed E-state index contributed by atoms with van der Waals surface area (Å²) < 4.78 is 141. The molecule has 0 fully saturated rings. The molecule has 17 heteroatoms. The van der Waals surface area contributed by atoms with Gasteiger partial charge in [0.05, 0.1) is 0 Å². The number of nitrogens with one attached hydrogen (secondary N) is 1. The van der Waals surface area contributed by atoms with Gasteiger partial charge >= 0.3 is 34.0 Å². The molecule has 0 atom stereocenters. The van der Waals surface area contributed by atoms with Crippen LogP contribution in [0, 0.1) is 5.41 Å². The summed E-state index contributed by atoms with van der Waals surface area (Å²) in [6, 6.07) is 0. The largest absolute Gasteiger partial charge is 0.527 e. The summed E-state index contributed by atoms with van der Waals surface area (Å²) >= 11 is 0. The second-order valence-electron chi connectivity index (χ2n) is 2.97. The van der Waals surface area contributed by atoms with Crippen LogP contribution < -0.4 is 5.73 Å². The van der Waals surface area contributed by atoms with Crippen LogP contribution in [0.2, 0.25) is 0 Å². The summed E-state index contributed by atoms with van der Waals surface area (Å²) in [5.74, 6) is -7.94. The van der Waals surface area contributed by atoms with E-state index in [1.807, 2.05) is 4.74 Å². The van der Waals surface area contributed by atoms with Crippen molar-refractivity contribution in [1.82, 2.24) is 0 Å². The summed E-state index contributed by atoms with van der Waals surface area (Å²) in [6.07, 6.45) is -11.9. The van der Waals surface area contributed by atoms with Gasteiger partial charge < -0.3 is 5.73 Å². The summed E-state index contributed by atoms with van der Waals surface area (Å²) in [4.78, 5) is 0. The molecule has 0 rings (SSSR count). The van der Waals surface area contributed by atoms with Crippen LogP contribution >= 0.6 is 0 Å². The van der Waals surface area contributed by atoms with Crippen molar-refractivity contribution in [3.05, 3.63) is 0 Å². The van der Waals surface area contributed by atoms with E-state index in [2.05, 4.69) is 5.73 Å². The van der Waals surface area contributed by atoms with Crippen molar-refractivity contribution in [2.45, 2.75) is 23.9 Å². The van der Waals surface area contributed by atoms with Crippen molar-refractivity contribution >= 4 is 16.0 Å². The highest BCUT2D eigenvalue weighted by atomic mass is 32.2. The van der Waals surface area contributed by atoms with Gasteiger partial charge in [0, 0.05) is 0 Å². The molecule has 0 radical (unpaired) electrons. The van der Waals surface area contributed by atoms with Gasteiger partial charge in [0.15, 0.2) is 5.84 Å². The maximum atomic E-state index is 12.1. The quantitative estimate of drug-likeness (QED) is 0.229. The Morgan fingerprint density at radius 2 is 1.23 bits per heavy atom. The van der Waals surface area contributed by atoms with Crippen molar-refractivity contribution in [1.29, 1.82) is 5.41 Å². The summed E-state index contributed by atoms with van der Waals surface area (Å²) in [7, 11) is -5.84. The number of rotatable bonds is 3. The summed E-state index contributed by atoms with van der Waals surface area (Å²) in [6.45, 7) is 0. The molecule has 0 saturated heterocycles. The lowest BCUT2D eigenvalue weighted by atomic mass is 10.3. The summed E-state index contributed by atoms with van der Waals surface area (Å²) in [5.41, 5.74) is -1.55. The lowest BCUT2D eigenvalue weighted by Gasteiger charge is -2.25. The zero-order valence-electron chi connectivity index (χ0n) is 9.44. The Hall–Kier alpha value is -1.36. The number of amidine groups is 1. The van der Waals surface area contributed by atoms with Crippen molar-refractivity contribution in [2.24, 2.45) is 5.73 Å². The molecule has 0 aliphatic rings. The van der Waals surface area contributed by atoms with E-state index in [4.69, 9.17) is 18.4 Å². The molecule has 0 saturated carbocycles.